The van der Waals surface area contributed by atoms with Crippen molar-refractivity contribution in [3.8, 4) is 0 Å². The van der Waals surface area contributed by atoms with Crippen molar-refractivity contribution in [1.29, 1.82) is 0 Å². The SMILES string of the molecule is O=C(O)c1ccccc1NCc1ccc2oc(=O)ccc2c1. The quantitative estimate of drug-likeness (QED) is 0.723. The molecule has 0 radical (unpaired) electrons. The fourth-order valence-corrected chi connectivity index (χ4v) is 2.25. The number of nitrogens with one attached hydrogen (secondary N) is 1. The molecule has 0 bridgehead atoms. The van der Waals surface area contributed by atoms with Gasteiger partial charge in [-0.1, -0.05) is 18.2 Å². The van der Waals surface area contributed by atoms with Crippen LogP contribution in [0, 0.1) is 0 Å². The molecule has 3 aromatic rings. The normalized spacial score (nSPS) is 10.5. The summed E-state index contributed by atoms with van der Waals surface area (Å²) in [6.07, 6.45) is 0. The zero-order valence-corrected chi connectivity index (χ0v) is 11.6. The number of carboxylic acid groups (broad SMARTS) is 1. The summed E-state index contributed by atoms with van der Waals surface area (Å²) in [4.78, 5) is 22.3. The first-order valence-electron chi connectivity index (χ1n) is 6.72. The third-order valence-corrected chi connectivity index (χ3v) is 3.32. The van der Waals surface area contributed by atoms with E-state index in [1.165, 1.54) is 6.07 Å². The molecule has 3 rings (SSSR count). The standard InChI is InChI=1S/C17H13NO4/c19-16-8-6-12-9-11(5-7-15(12)22-16)10-18-14-4-2-1-3-13(14)17(20)21/h1-9,18H,10H2,(H,20,21). The number of rotatable bonds is 4. The third kappa shape index (κ3) is 2.83. The first kappa shape index (κ1) is 13.9. The molecule has 0 unspecified atom stereocenters. The molecule has 5 heteroatoms. The molecule has 0 fully saturated rings. The van der Waals surface area contributed by atoms with Crippen LogP contribution < -0.4 is 10.9 Å². The molecule has 0 atom stereocenters. The molecule has 0 spiro atoms. The fraction of sp³-hybridized carbons (Fsp3) is 0.0588. The summed E-state index contributed by atoms with van der Waals surface area (Å²) >= 11 is 0. The van der Waals surface area contributed by atoms with Crippen LogP contribution >= 0.6 is 0 Å². The second kappa shape index (κ2) is 5.73. The maximum Gasteiger partial charge on any atom is 0.337 e. The van der Waals surface area contributed by atoms with Crippen molar-refractivity contribution in [3.63, 3.8) is 0 Å². The Hall–Kier alpha value is -3.08. The van der Waals surface area contributed by atoms with Crippen LogP contribution in [0.5, 0.6) is 0 Å². The van der Waals surface area contributed by atoms with Crippen LogP contribution in [0.1, 0.15) is 15.9 Å². The minimum Gasteiger partial charge on any atom is -0.478 e. The Balaban J connectivity index is 1.84. The number of para-hydroxylation sites is 1. The highest BCUT2D eigenvalue weighted by atomic mass is 16.4. The average molecular weight is 295 g/mol. The van der Waals surface area contributed by atoms with E-state index < -0.39 is 5.97 Å². The van der Waals surface area contributed by atoms with Crippen LogP contribution in [0.15, 0.2) is 63.8 Å². The summed E-state index contributed by atoms with van der Waals surface area (Å²) < 4.78 is 5.08. The largest absolute Gasteiger partial charge is 0.478 e. The van der Waals surface area contributed by atoms with Crippen molar-refractivity contribution < 1.29 is 14.3 Å². The third-order valence-electron chi connectivity index (χ3n) is 3.32. The topological polar surface area (TPSA) is 79.5 Å². The van der Waals surface area contributed by atoms with Gasteiger partial charge >= 0.3 is 11.6 Å². The molecule has 1 heterocycles. The van der Waals surface area contributed by atoms with E-state index in [0.717, 1.165) is 10.9 Å². The highest BCUT2D eigenvalue weighted by molar-refractivity contribution is 5.94. The second-order valence-electron chi connectivity index (χ2n) is 4.83. The Morgan fingerprint density at radius 1 is 1.09 bits per heavy atom. The monoisotopic (exact) mass is 295 g/mol. The molecular formula is C17H13NO4. The van der Waals surface area contributed by atoms with E-state index in [0.29, 0.717) is 17.8 Å². The number of carbonyl (C=O) groups is 1. The van der Waals surface area contributed by atoms with Crippen LogP contribution in [0.25, 0.3) is 11.0 Å². The van der Waals surface area contributed by atoms with E-state index in [2.05, 4.69) is 5.32 Å². The molecule has 22 heavy (non-hydrogen) atoms. The summed E-state index contributed by atoms with van der Waals surface area (Å²) in [5.41, 5.74) is 1.90. The van der Waals surface area contributed by atoms with Gasteiger partial charge in [0, 0.05) is 23.7 Å². The minimum atomic E-state index is -0.969. The van der Waals surface area contributed by atoms with Gasteiger partial charge in [0.1, 0.15) is 5.58 Å². The minimum absolute atomic E-state index is 0.231. The molecule has 0 aliphatic rings. The maximum absolute atomic E-state index is 11.2. The summed E-state index contributed by atoms with van der Waals surface area (Å²) in [5, 5.41) is 13.1. The number of anilines is 1. The average Bonchev–Trinajstić information content (AvgIpc) is 2.53. The predicted molar refractivity (Wildman–Crippen MR) is 83.2 cm³/mol. The van der Waals surface area contributed by atoms with E-state index >= 15 is 0 Å². The first-order chi connectivity index (χ1) is 10.6. The van der Waals surface area contributed by atoms with E-state index in [-0.39, 0.29) is 11.2 Å². The van der Waals surface area contributed by atoms with Gasteiger partial charge in [0.25, 0.3) is 0 Å². The molecule has 1 aromatic heterocycles. The van der Waals surface area contributed by atoms with Gasteiger partial charge in [-0.3, -0.25) is 0 Å². The van der Waals surface area contributed by atoms with E-state index in [1.54, 1.807) is 36.4 Å². The van der Waals surface area contributed by atoms with Crippen molar-refractivity contribution in [2.45, 2.75) is 6.54 Å². The fourth-order valence-electron chi connectivity index (χ4n) is 2.25. The van der Waals surface area contributed by atoms with Crippen LogP contribution in [0.4, 0.5) is 5.69 Å². The number of benzene rings is 2. The van der Waals surface area contributed by atoms with Crippen molar-refractivity contribution in [2.75, 3.05) is 5.32 Å². The van der Waals surface area contributed by atoms with Gasteiger partial charge in [-0.25, -0.2) is 9.59 Å². The summed E-state index contributed by atoms with van der Waals surface area (Å²) in [6, 6.07) is 15.3. The van der Waals surface area contributed by atoms with Crippen molar-refractivity contribution in [2.24, 2.45) is 0 Å². The molecule has 5 nitrogen and oxygen atoms in total. The van der Waals surface area contributed by atoms with Gasteiger partial charge in [-0.2, -0.15) is 0 Å². The molecule has 0 aliphatic heterocycles. The lowest BCUT2D eigenvalue weighted by Gasteiger charge is -2.09. The summed E-state index contributed by atoms with van der Waals surface area (Å²) in [7, 11) is 0. The van der Waals surface area contributed by atoms with Crippen molar-refractivity contribution in [1.82, 2.24) is 0 Å². The predicted octanol–water partition coefficient (Wildman–Crippen LogP) is 3.10. The number of hydrogen-bond acceptors (Lipinski definition) is 4. The summed E-state index contributed by atoms with van der Waals surface area (Å²) in [6.45, 7) is 0.472. The Bertz CT molecular complexity index is 898. The number of carboxylic acids is 1. The highest BCUT2D eigenvalue weighted by Gasteiger charge is 2.08. The van der Waals surface area contributed by atoms with Gasteiger partial charge in [0.05, 0.1) is 5.56 Å². The van der Waals surface area contributed by atoms with Gasteiger partial charge < -0.3 is 14.8 Å². The lowest BCUT2D eigenvalue weighted by atomic mass is 10.1. The number of aromatic carboxylic acids is 1. The maximum atomic E-state index is 11.2. The molecule has 0 amide bonds. The van der Waals surface area contributed by atoms with Crippen LogP contribution in [0.2, 0.25) is 0 Å². The lowest BCUT2D eigenvalue weighted by molar-refractivity contribution is 0.0698. The smallest absolute Gasteiger partial charge is 0.337 e. The summed E-state index contributed by atoms with van der Waals surface area (Å²) in [5.74, 6) is -0.969. The zero-order chi connectivity index (χ0) is 15.5. The number of hydrogen-bond donors (Lipinski definition) is 2. The van der Waals surface area contributed by atoms with E-state index in [9.17, 15) is 9.59 Å². The van der Waals surface area contributed by atoms with Crippen LogP contribution in [0.3, 0.4) is 0 Å². The molecular weight excluding hydrogens is 282 g/mol. The lowest BCUT2D eigenvalue weighted by Crippen LogP contribution is -2.06. The molecule has 110 valence electrons. The zero-order valence-electron chi connectivity index (χ0n) is 11.6. The second-order valence-corrected chi connectivity index (χ2v) is 4.83. The Labute approximate surface area is 125 Å². The molecule has 0 saturated heterocycles. The molecule has 2 aromatic carbocycles. The first-order valence-corrected chi connectivity index (χ1v) is 6.72. The molecule has 0 saturated carbocycles. The van der Waals surface area contributed by atoms with E-state index in [4.69, 9.17) is 9.52 Å². The van der Waals surface area contributed by atoms with Gasteiger partial charge in [0.15, 0.2) is 0 Å². The van der Waals surface area contributed by atoms with Crippen LogP contribution in [-0.2, 0) is 6.54 Å². The molecule has 0 aliphatic carbocycles. The van der Waals surface area contributed by atoms with Crippen molar-refractivity contribution >= 4 is 22.6 Å². The van der Waals surface area contributed by atoms with Gasteiger partial charge in [0.2, 0.25) is 0 Å². The van der Waals surface area contributed by atoms with Crippen LogP contribution in [-0.4, -0.2) is 11.1 Å². The van der Waals surface area contributed by atoms with Gasteiger partial charge in [-0.05, 0) is 35.9 Å². The Morgan fingerprint density at radius 3 is 2.73 bits per heavy atom. The van der Waals surface area contributed by atoms with Gasteiger partial charge in [-0.15, -0.1) is 0 Å². The Morgan fingerprint density at radius 2 is 1.91 bits per heavy atom. The Kier molecular flexibility index (Phi) is 3.62. The highest BCUT2D eigenvalue weighted by Crippen LogP contribution is 2.18. The number of fused-ring (bicyclic) bond motifs is 1. The van der Waals surface area contributed by atoms with Crippen molar-refractivity contribution in [3.05, 3.63) is 76.1 Å². The molecule has 2 N–H and O–H groups in total. The van der Waals surface area contributed by atoms with E-state index in [1.807, 2.05) is 12.1 Å².